The quantitative estimate of drug-likeness (QED) is 0.400. The molecular formula is C15H29O. The first kappa shape index (κ1) is 15.7. The molecule has 1 radical (unpaired) electrons. The molecule has 0 saturated carbocycles. The Bertz CT molecular complexity index is 152. The lowest BCUT2D eigenvalue weighted by Gasteiger charge is -2.05. The Kier molecular flexibility index (Phi) is 12.5. The van der Waals surface area contributed by atoms with Crippen LogP contribution in [0.5, 0.6) is 0 Å². The van der Waals surface area contributed by atoms with E-state index in [-0.39, 0.29) is 6.10 Å². The third-order valence-electron chi connectivity index (χ3n) is 2.84. The Balaban J connectivity index is 3.20. The van der Waals surface area contributed by atoms with Crippen LogP contribution < -0.4 is 0 Å². The first-order valence-corrected chi connectivity index (χ1v) is 6.93. The minimum absolute atomic E-state index is 0.123. The van der Waals surface area contributed by atoms with Crippen molar-refractivity contribution in [1.29, 1.82) is 0 Å². The molecule has 0 aliphatic carbocycles. The van der Waals surface area contributed by atoms with Crippen molar-refractivity contribution in [3.63, 3.8) is 0 Å². The number of rotatable bonds is 11. The first-order chi connectivity index (χ1) is 7.81. The molecule has 0 aliphatic rings. The lowest BCUT2D eigenvalue weighted by Crippen LogP contribution is -2.03. The van der Waals surface area contributed by atoms with Crippen molar-refractivity contribution in [1.82, 2.24) is 0 Å². The predicted molar refractivity (Wildman–Crippen MR) is 72.3 cm³/mol. The third-order valence-corrected chi connectivity index (χ3v) is 2.84. The summed E-state index contributed by atoms with van der Waals surface area (Å²) in [6.07, 6.45) is 15.7. The van der Waals surface area contributed by atoms with Crippen LogP contribution in [0, 0.1) is 6.92 Å². The fourth-order valence-electron chi connectivity index (χ4n) is 1.72. The SMILES string of the molecule is [CH2]CCCCCCC=CCC(O)CCCC. The molecule has 0 spiro atoms. The van der Waals surface area contributed by atoms with Crippen LogP contribution in [-0.4, -0.2) is 11.2 Å². The molecule has 95 valence electrons. The van der Waals surface area contributed by atoms with Crippen molar-refractivity contribution in [2.75, 3.05) is 0 Å². The second-order valence-corrected chi connectivity index (χ2v) is 4.56. The molecule has 0 amide bonds. The highest BCUT2D eigenvalue weighted by molar-refractivity contribution is 4.83. The average Bonchev–Trinajstić information content (AvgIpc) is 2.30. The first-order valence-electron chi connectivity index (χ1n) is 6.93. The molecule has 0 bridgehead atoms. The average molecular weight is 225 g/mol. The van der Waals surface area contributed by atoms with Crippen molar-refractivity contribution >= 4 is 0 Å². The summed E-state index contributed by atoms with van der Waals surface area (Å²) >= 11 is 0. The van der Waals surface area contributed by atoms with Gasteiger partial charge in [-0.1, -0.05) is 64.5 Å². The van der Waals surface area contributed by atoms with Crippen LogP contribution in [0.15, 0.2) is 12.2 Å². The molecule has 0 aromatic heterocycles. The number of unbranched alkanes of at least 4 members (excludes halogenated alkanes) is 6. The number of allylic oxidation sites excluding steroid dienone is 1. The zero-order chi connectivity index (χ0) is 12.1. The normalized spacial score (nSPS) is 13.4. The van der Waals surface area contributed by atoms with Gasteiger partial charge in [-0.15, -0.1) is 0 Å². The fraction of sp³-hybridized carbons (Fsp3) is 0.800. The van der Waals surface area contributed by atoms with Gasteiger partial charge in [0.05, 0.1) is 6.10 Å². The smallest absolute Gasteiger partial charge is 0.0574 e. The van der Waals surface area contributed by atoms with E-state index in [0.717, 1.165) is 32.1 Å². The van der Waals surface area contributed by atoms with Crippen molar-refractivity contribution in [2.45, 2.75) is 77.2 Å². The minimum Gasteiger partial charge on any atom is -0.393 e. The summed E-state index contributed by atoms with van der Waals surface area (Å²) in [5.74, 6) is 0. The number of hydrogen-bond acceptors (Lipinski definition) is 1. The summed E-state index contributed by atoms with van der Waals surface area (Å²) in [6.45, 7) is 6.00. The monoisotopic (exact) mass is 225 g/mol. The van der Waals surface area contributed by atoms with Crippen LogP contribution in [-0.2, 0) is 0 Å². The highest BCUT2D eigenvalue weighted by Gasteiger charge is 1.99. The molecular weight excluding hydrogens is 196 g/mol. The van der Waals surface area contributed by atoms with E-state index in [0.29, 0.717) is 0 Å². The molecule has 1 nitrogen and oxygen atoms in total. The molecule has 0 aliphatic heterocycles. The molecule has 0 saturated heterocycles. The Morgan fingerprint density at radius 2 is 1.81 bits per heavy atom. The van der Waals surface area contributed by atoms with Gasteiger partial charge in [0.15, 0.2) is 0 Å². The van der Waals surface area contributed by atoms with Gasteiger partial charge >= 0.3 is 0 Å². The molecule has 16 heavy (non-hydrogen) atoms. The van der Waals surface area contributed by atoms with Gasteiger partial charge in [0.25, 0.3) is 0 Å². The van der Waals surface area contributed by atoms with E-state index in [2.05, 4.69) is 26.0 Å². The van der Waals surface area contributed by atoms with Crippen molar-refractivity contribution < 1.29 is 5.11 Å². The Morgan fingerprint density at radius 3 is 2.50 bits per heavy atom. The highest BCUT2D eigenvalue weighted by atomic mass is 16.3. The maximum absolute atomic E-state index is 9.59. The van der Waals surface area contributed by atoms with E-state index in [4.69, 9.17) is 0 Å². The van der Waals surface area contributed by atoms with Gasteiger partial charge in [-0.3, -0.25) is 0 Å². The standard InChI is InChI=1S/C15H29O/c1-3-5-7-8-9-10-11-12-14-15(16)13-6-4-2/h11-12,15-16H,1,3-10,13-14H2,2H3. The van der Waals surface area contributed by atoms with Gasteiger partial charge in [0.1, 0.15) is 0 Å². The van der Waals surface area contributed by atoms with Crippen LogP contribution in [0.25, 0.3) is 0 Å². The second-order valence-electron chi connectivity index (χ2n) is 4.56. The van der Waals surface area contributed by atoms with Crippen LogP contribution in [0.1, 0.15) is 71.1 Å². The fourth-order valence-corrected chi connectivity index (χ4v) is 1.72. The van der Waals surface area contributed by atoms with Gasteiger partial charge in [-0.05, 0) is 25.7 Å². The number of aliphatic hydroxyl groups is 1. The largest absolute Gasteiger partial charge is 0.393 e. The van der Waals surface area contributed by atoms with Crippen molar-refractivity contribution in [3.8, 4) is 0 Å². The van der Waals surface area contributed by atoms with Gasteiger partial charge in [0, 0.05) is 0 Å². The van der Waals surface area contributed by atoms with Crippen LogP contribution in [0.4, 0.5) is 0 Å². The molecule has 0 rings (SSSR count). The molecule has 0 fully saturated rings. The van der Waals surface area contributed by atoms with E-state index >= 15 is 0 Å². The summed E-state index contributed by atoms with van der Waals surface area (Å²) in [6, 6.07) is 0. The molecule has 1 N–H and O–H groups in total. The number of aliphatic hydroxyl groups excluding tert-OH is 1. The van der Waals surface area contributed by atoms with Crippen molar-refractivity contribution in [3.05, 3.63) is 19.1 Å². The second kappa shape index (κ2) is 12.8. The maximum Gasteiger partial charge on any atom is 0.0574 e. The molecule has 1 heteroatoms. The third kappa shape index (κ3) is 11.8. The predicted octanol–water partition coefficient (Wildman–Crippen LogP) is 4.66. The summed E-state index contributed by atoms with van der Waals surface area (Å²) in [4.78, 5) is 0. The van der Waals surface area contributed by atoms with Crippen LogP contribution in [0.2, 0.25) is 0 Å². The summed E-state index contributed by atoms with van der Waals surface area (Å²) < 4.78 is 0. The van der Waals surface area contributed by atoms with Crippen LogP contribution >= 0.6 is 0 Å². The van der Waals surface area contributed by atoms with Gasteiger partial charge in [-0.25, -0.2) is 0 Å². The molecule has 1 unspecified atom stereocenters. The van der Waals surface area contributed by atoms with Gasteiger partial charge in [0.2, 0.25) is 0 Å². The van der Waals surface area contributed by atoms with E-state index in [1.807, 2.05) is 0 Å². The van der Waals surface area contributed by atoms with E-state index in [1.54, 1.807) is 0 Å². The summed E-state index contributed by atoms with van der Waals surface area (Å²) in [7, 11) is 0. The summed E-state index contributed by atoms with van der Waals surface area (Å²) in [5, 5.41) is 9.59. The minimum atomic E-state index is -0.123. The topological polar surface area (TPSA) is 20.2 Å². The number of hydrogen-bond donors (Lipinski definition) is 1. The molecule has 1 atom stereocenters. The summed E-state index contributed by atoms with van der Waals surface area (Å²) in [5.41, 5.74) is 0. The lowest BCUT2D eigenvalue weighted by molar-refractivity contribution is 0.164. The van der Waals surface area contributed by atoms with E-state index in [9.17, 15) is 5.11 Å². The lowest BCUT2D eigenvalue weighted by atomic mass is 10.1. The molecule has 0 aromatic carbocycles. The van der Waals surface area contributed by atoms with Crippen molar-refractivity contribution in [2.24, 2.45) is 0 Å². The van der Waals surface area contributed by atoms with Gasteiger partial charge < -0.3 is 5.11 Å². The zero-order valence-corrected chi connectivity index (χ0v) is 11.0. The van der Waals surface area contributed by atoms with E-state index in [1.165, 1.54) is 32.1 Å². The zero-order valence-electron chi connectivity index (χ0n) is 11.0. The highest BCUT2D eigenvalue weighted by Crippen LogP contribution is 2.07. The Hall–Kier alpha value is -0.300. The Morgan fingerprint density at radius 1 is 1.06 bits per heavy atom. The Labute approximate surface area is 102 Å². The van der Waals surface area contributed by atoms with Crippen LogP contribution in [0.3, 0.4) is 0 Å². The molecule has 0 heterocycles. The van der Waals surface area contributed by atoms with E-state index < -0.39 is 0 Å². The maximum atomic E-state index is 9.59. The molecule has 0 aromatic rings. The van der Waals surface area contributed by atoms with Gasteiger partial charge in [-0.2, -0.15) is 0 Å².